The minimum absolute atomic E-state index is 0.00652. The second-order valence-electron chi connectivity index (χ2n) is 8.12. The van der Waals surface area contributed by atoms with E-state index in [0.29, 0.717) is 6.42 Å². The van der Waals surface area contributed by atoms with Crippen LogP contribution in [0.1, 0.15) is 48.0 Å². The van der Waals surface area contributed by atoms with Crippen molar-refractivity contribution in [2.24, 2.45) is 5.73 Å². The van der Waals surface area contributed by atoms with Crippen molar-refractivity contribution in [3.63, 3.8) is 0 Å². The van der Waals surface area contributed by atoms with Crippen LogP contribution >= 0.6 is 7.82 Å². The van der Waals surface area contributed by atoms with E-state index in [2.05, 4.69) is 0 Å². The van der Waals surface area contributed by atoms with Gasteiger partial charge in [-0.25, -0.2) is 4.57 Å². The summed E-state index contributed by atoms with van der Waals surface area (Å²) in [6.45, 7) is 11.5. The van der Waals surface area contributed by atoms with Gasteiger partial charge in [-0.05, 0) is 41.5 Å². The zero-order chi connectivity index (χ0) is 21.1. The predicted octanol–water partition coefficient (Wildman–Crippen LogP) is 2.00. The highest BCUT2D eigenvalue weighted by atomic mass is 31.2. The summed E-state index contributed by atoms with van der Waals surface area (Å²) in [5.74, 6) is 0. The Morgan fingerprint density at radius 2 is 1.79 bits per heavy atom. The van der Waals surface area contributed by atoms with Gasteiger partial charge in [0.1, 0.15) is 18.3 Å². The fraction of sp³-hybridized carbons (Fsp3) is 1.00. The molecule has 0 bridgehead atoms. The maximum atomic E-state index is 12.5. The van der Waals surface area contributed by atoms with E-state index in [1.807, 2.05) is 34.6 Å². The Hall–Kier alpha value is -0.0900. The molecule has 0 amide bonds. The fourth-order valence-electron chi connectivity index (χ4n) is 3.43. The normalized spacial score (nSPS) is 38.4. The van der Waals surface area contributed by atoms with Crippen molar-refractivity contribution in [1.29, 1.82) is 0 Å². The smallest absolute Gasteiger partial charge is 0.376 e. The molecule has 9 nitrogen and oxygen atoms in total. The minimum atomic E-state index is -4.37. The third-order valence-corrected chi connectivity index (χ3v) is 5.75. The Labute approximate surface area is 167 Å². The third-order valence-electron chi connectivity index (χ3n) is 4.76. The summed E-state index contributed by atoms with van der Waals surface area (Å²) >= 11 is 0. The van der Waals surface area contributed by atoms with Crippen LogP contribution in [0.5, 0.6) is 0 Å². The fourth-order valence-corrected chi connectivity index (χ4v) is 4.41. The van der Waals surface area contributed by atoms with E-state index < -0.39 is 32.2 Å². The third kappa shape index (κ3) is 7.00. The number of hydrogen-bond acceptors (Lipinski definition) is 8. The Morgan fingerprint density at radius 3 is 2.39 bits per heavy atom. The molecular formula is C18H36NO8P. The van der Waals surface area contributed by atoms with Crippen molar-refractivity contribution in [3.8, 4) is 0 Å². The van der Waals surface area contributed by atoms with E-state index in [9.17, 15) is 9.46 Å². The molecule has 0 radical (unpaired) electrons. The van der Waals surface area contributed by atoms with Gasteiger partial charge in [0, 0.05) is 6.42 Å². The Kier molecular flexibility index (Phi) is 8.88. The van der Waals surface area contributed by atoms with Crippen molar-refractivity contribution in [2.75, 3.05) is 13.2 Å². The molecular weight excluding hydrogens is 389 g/mol. The van der Waals surface area contributed by atoms with Crippen molar-refractivity contribution in [3.05, 3.63) is 0 Å². The van der Waals surface area contributed by atoms with E-state index in [4.69, 9.17) is 33.7 Å². The standard InChI is InChI=1S/C18H36NO8P/c1-10(2)22-8-16-18(17(19)13(6)26-16)27-28(20,21)23-9-15-14(24-11(3)4)7-12(5)25-15/h10-18H,7-9,19H2,1-6H3,(H,20,21)/t12-,13-,14?,15+,16+,17?,18?/m0/s1. The molecule has 28 heavy (non-hydrogen) atoms. The Bertz CT molecular complexity index is 534. The molecule has 0 aromatic heterocycles. The Balaban J connectivity index is 1.93. The first kappa shape index (κ1) is 24.2. The van der Waals surface area contributed by atoms with Gasteiger partial charge in [-0.15, -0.1) is 0 Å². The van der Waals surface area contributed by atoms with Gasteiger partial charge in [0.15, 0.2) is 0 Å². The number of phosphoric acid groups is 1. The highest BCUT2D eigenvalue weighted by Crippen LogP contribution is 2.47. The van der Waals surface area contributed by atoms with Crippen LogP contribution in [0.25, 0.3) is 0 Å². The lowest BCUT2D eigenvalue weighted by atomic mass is 10.1. The summed E-state index contributed by atoms with van der Waals surface area (Å²) in [6.07, 6.45) is -1.60. The molecule has 2 heterocycles. The lowest BCUT2D eigenvalue weighted by molar-refractivity contribution is -0.0701. The highest BCUT2D eigenvalue weighted by molar-refractivity contribution is 7.47. The second-order valence-corrected chi connectivity index (χ2v) is 9.52. The quantitative estimate of drug-likeness (QED) is 0.507. The lowest BCUT2D eigenvalue weighted by Gasteiger charge is -2.26. The van der Waals surface area contributed by atoms with Crippen LogP contribution in [0.4, 0.5) is 0 Å². The van der Waals surface area contributed by atoms with Gasteiger partial charge in [0.2, 0.25) is 0 Å². The van der Waals surface area contributed by atoms with Crippen LogP contribution in [0.2, 0.25) is 0 Å². The summed E-state index contributed by atoms with van der Waals surface area (Å²) in [5, 5.41) is 0. The maximum absolute atomic E-state index is 12.5. The molecule has 4 unspecified atom stereocenters. The summed E-state index contributed by atoms with van der Waals surface area (Å²) in [5.41, 5.74) is 6.10. The second kappa shape index (κ2) is 10.3. The van der Waals surface area contributed by atoms with E-state index in [0.717, 1.165) is 0 Å². The summed E-state index contributed by atoms with van der Waals surface area (Å²) in [6, 6.07) is -0.565. The SMILES string of the molecule is CC(C)OC[C@H]1O[C@@H](C)C(N)C1OP(=O)(O)OC[C@H]1O[C@@H](C)CC1OC(C)C. The summed E-state index contributed by atoms with van der Waals surface area (Å²) < 4.78 is 46.0. The monoisotopic (exact) mass is 425 g/mol. The maximum Gasteiger partial charge on any atom is 0.472 e. The lowest BCUT2D eigenvalue weighted by Crippen LogP contribution is -2.42. The molecule has 2 aliphatic rings. The zero-order valence-corrected chi connectivity index (χ0v) is 18.5. The number of ether oxygens (including phenoxy) is 4. The molecule has 0 aromatic rings. The van der Waals surface area contributed by atoms with Crippen molar-refractivity contribution in [1.82, 2.24) is 0 Å². The Morgan fingerprint density at radius 1 is 1.11 bits per heavy atom. The summed E-state index contributed by atoms with van der Waals surface area (Å²) in [4.78, 5) is 10.2. The van der Waals surface area contributed by atoms with E-state index in [1.54, 1.807) is 6.92 Å². The van der Waals surface area contributed by atoms with Gasteiger partial charge < -0.3 is 29.6 Å². The van der Waals surface area contributed by atoms with Gasteiger partial charge in [-0.1, -0.05) is 0 Å². The molecule has 3 N–H and O–H groups in total. The highest BCUT2D eigenvalue weighted by Gasteiger charge is 2.46. The number of nitrogens with two attached hydrogens (primary N) is 1. The van der Waals surface area contributed by atoms with Crippen LogP contribution in [0, 0.1) is 0 Å². The molecule has 0 aromatic carbocycles. The van der Waals surface area contributed by atoms with Gasteiger partial charge >= 0.3 is 7.82 Å². The summed E-state index contributed by atoms with van der Waals surface area (Å²) in [7, 11) is -4.37. The molecule has 8 atom stereocenters. The zero-order valence-electron chi connectivity index (χ0n) is 17.6. The largest absolute Gasteiger partial charge is 0.472 e. The van der Waals surface area contributed by atoms with E-state index >= 15 is 0 Å². The van der Waals surface area contributed by atoms with Crippen LogP contribution in [0.15, 0.2) is 0 Å². The molecule has 2 fully saturated rings. The van der Waals surface area contributed by atoms with E-state index in [-0.39, 0.29) is 43.7 Å². The molecule has 10 heteroatoms. The molecule has 0 spiro atoms. The first-order chi connectivity index (χ1) is 13.0. The number of phosphoric ester groups is 1. The number of hydrogen-bond donors (Lipinski definition) is 2. The first-order valence-electron chi connectivity index (χ1n) is 9.97. The average molecular weight is 425 g/mol. The van der Waals surface area contributed by atoms with Crippen LogP contribution in [0.3, 0.4) is 0 Å². The molecule has 2 rings (SSSR count). The number of rotatable bonds is 10. The van der Waals surface area contributed by atoms with Crippen LogP contribution in [-0.4, -0.2) is 73.0 Å². The predicted molar refractivity (Wildman–Crippen MR) is 103 cm³/mol. The average Bonchev–Trinajstić information content (AvgIpc) is 3.04. The van der Waals surface area contributed by atoms with Crippen molar-refractivity contribution < 1.29 is 37.5 Å². The molecule has 166 valence electrons. The van der Waals surface area contributed by atoms with Gasteiger partial charge in [0.25, 0.3) is 0 Å². The molecule has 2 aliphatic heterocycles. The first-order valence-corrected chi connectivity index (χ1v) is 11.5. The molecule has 0 saturated carbocycles. The van der Waals surface area contributed by atoms with Gasteiger partial charge in [-0.3, -0.25) is 9.05 Å². The topological polar surface area (TPSA) is 119 Å². The minimum Gasteiger partial charge on any atom is -0.376 e. The molecule has 2 saturated heterocycles. The van der Waals surface area contributed by atoms with E-state index in [1.165, 1.54) is 0 Å². The van der Waals surface area contributed by atoms with Gasteiger partial charge in [-0.2, -0.15) is 0 Å². The van der Waals surface area contributed by atoms with Gasteiger partial charge in [0.05, 0.1) is 49.8 Å². The van der Waals surface area contributed by atoms with Crippen molar-refractivity contribution in [2.45, 2.75) is 103 Å². The molecule has 0 aliphatic carbocycles. The van der Waals surface area contributed by atoms with Crippen LogP contribution < -0.4 is 5.73 Å². The van der Waals surface area contributed by atoms with Crippen LogP contribution in [-0.2, 0) is 32.6 Å². The van der Waals surface area contributed by atoms with Crippen molar-refractivity contribution >= 4 is 7.82 Å².